The minimum atomic E-state index is 0. The smallest absolute Gasteiger partial charge is 0.187 e. The first-order chi connectivity index (χ1) is 5.29. The molecule has 2 aromatic rings. The van der Waals surface area contributed by atoms with Gasteiger partial charge in [-0.1, -0.05) is 12.4 Å². The summed E-state index contributed by atoms with van der Waals surface area (Å²) < 4.78 is 1.80. The van der Waals surface area contributed by atoms with Gasteiger partial charge in [-0.25, -0.2) is 4.98 Å². The van der Waals surface area contributed by atoms with Gasteiger partial charge in [-0.2, -0.15) is 0 Å². The summed E-state index contributed by atoms with van der Waals surface area (Å²) in [5.74, 6) is 0.490. The second-order valence-electron chi connectivity index (χ2n) is 2.32. The average Bonchev–Trinajstić information content (AvgIpc) is 2.30. The summed E-state index contributed by atoms with van der Waals surface area (Å²) in [6, 6.07) is 1.86. The van der Waals surface area contributed by atoms with Crippen molar-refractivity contribution in [3.63, 3.8) is 0 Å². The Bertz CT molecular complexity index is 395. The van der Waals surface area contributed by atoms with E-state index in [0.29, 0.717) is 11.5 Å². The number of aromatic nitrogens is 3. The molecule has 59 valence electrons. The quantitative estimate of drug-likeness (QED) is 0.671. The van der Waals surface area contributed by atoms with Crippen LogP contribution >= 0.6 is 0 Å². The van der Waals surface area contributed by atoms with E-state index in [1.54, 1.807) is 10.8 Å². The molecule has 2 N–H and O–H groups in total. The number of nitrogen functional groups attached to an aromatic ring is 1. The molecule has 0 atom stereocenters. The maximum Gasteiger partial charge on any atom is 0.187 e. The summed E-state index contributed by atoms with van der Waals surface area (Å²) in [6.07, 6.45) is 4.42. The van der Waals surface area contributed by atoms with Crippen molar-refractivity contribution < 1.29 is 32.7 Å². The van der Waals surface area contributed by atoms with E-state index >= 15 is 0 Å². The molecule has 0 fully saturated rings. The van der Waals surface area contributed by atoms with Crippen molar-refractivity contribution in [2.24, 2.45) is 7.05 Å². The third-order valence-electron chi connectivity index (χ3n) is 1.65. The molecule has 2 aromatic heterocycles. The van der Waals surface area contributed by atoms with Crippen LogP contribution in [0.25, 0.3) is 11.0 Å². The largest absolute Gasteiger partial charge is 0.392 e. The molecule has 0 saturated heterocycles. The zero-order chi connectivity index (χ0) is 7.84. The zero-order valence-corrected chi connectivity index (χ0v) is 9.49. The van der Waals surface area contributed by atoms with Crippen LogP contribution in [0.2, 0.25) is 0 Å². The molecule has 0 aromatic carbocycles. The van der Waals surface area contributed by atoms with Crippen LogP contribution in [-0.4, -0.2) is 14.5 Å². The van der Waals surface area contributed by atoms with Crippen LogP contribution in [0.4, 0.5) is 5.95 Å². The van der Waals surface area contributed by atoms with Crippen LogP contribution in [0.5, 0.6) is 0 Å². The van der Waals surface area contributed by atoms with Crippen molar-refractivity contribution in [2.75, 3.05) is 5.73 Å². The number of rotatable bonds is 0. The van der Waals surface area contributed by atoms with Gasteiger partial charge >= 0.3 is 0 Å². The second kappa shape index (κ2) is 3.50. The number of imidazole rings is 1. The number of pyridine rings is 1. The summed E-state index contributed by atoms with van der Waals surface area (Å²) >= 11 is 0. The van der Waals surface area contributed by atoms with E-state index in [-0.39, 0.29) is 32.7 Å². The van der Waals surface area contributed by atoms with Crippen LogP contribution in [0.3, 0.4) is 0 Å². The molecule has 0 bridgehead atoms. The summed E-state index contributed by atoms with van der Waals surface area (Å²) in [6.45, 7) is 0. The van der Waals surface area contributed by atoms with Crippen molar-refractivity contribution in [1.29, 1.82) is 0 Å². The van der Waals surface area contributed by atoms with Crippen LogP contribution in [-0.2, 0) is 39.8 Å². The fraction of sp³-hybridized carbons (Fsp3) is 0.143. The Morgan fingerprint density at radius 1 is 1.58 bits per heavy atom. The number of fused-ring (bicyclic) bond motifs is 1. The SMILES string of the molecule is Cn1c(N)nc2[c-]nccc21.[Y]. The van der Waals surface area contributed by atoms with Gasteiger partial charge in [-0.3, -0.25) is 0 Å². The molecule has 4 nitrogen and oxygen atoms in total. The first kappa shape index (κ1) is 9.61. The van der Waals surface area contributed by atoms with Crippen molar-refractivity contribution in [1.82, 2.24) is 14.5 Å². The zero-order valence-electron chi connectivity index (χ0n) is 6.65. The Kier molecular flexibility index (Phi) is 2.80. The summed E-state index contributed by atoms with van der Waals surface area (Å²) in [4.78, 5) is 7.85. The fourth-order valence-electron chi connectivity index (χ4n) is 1.01. The molecule has 0 aliphatic heterocycles. The normalized spacial score (nSPS) is 9.75. The Balaban J connectivity index is 0.000000720. The van der Waals surface area contributed by atoms with Gasteiger partial charge in [0.05, 0.1) is 0 Å². The Morgan fingerprint density at radius 2 is 2.33 bits per heavy atom. The molecule has 0 aliphatic rings. The molecule has 0 spiro atoms. The van der Waals surface area contributed by atoms with Gasteiger partial charge in [0.2, 0.25) is 0 Å². The van der Waals surface area contributed by atoms with Gasteiger partial charge in [0.1, 0.15) is 0 Å². The first-order valence-electron chi connectivity index (χ1n) is 3.23. The van der Waals surface area contributed by atoms with Crippen molar-refractivity contribution in [2.45, 2.75) is 0 Å². The van der Waals surface area contributed by atoms with Gasteiger partial charge in [0.25, 0.3) is 0 Å². The summed E-state index contributed by atoms with van der Waals surface area (Å²) in [7, 11) is 1.86. The van der Waals surface area contributed by atoms with Crippen molar-refractivity contribution in [3.8, 4) is 0 Å². The number of nitrogens with zero attached hydrogens (tertiary/aromatic N) is 3. The molecular formula is C7H7N4Y-. The molecule has 2 rings (SSSR count). The van der Waals surface area contributed by atoms with E-state index in [0.717, 1.165) is 5.52 Å². The predicted molar refractivity (Wildman–Crippen MR) is 41.8 cm³/mol. The first-order valence-corrected chi connectivity index (χ1v) is 3.23. The number of aryl methyl sites for hydroxylation is 1. The van der Waals surface area contributed by atoms with E-state index < -0.39 is 0 Å². The maximum absolute atomic E-state index is 5.56. The van der Waals surface area contributed by atoms with E-state index in [1.165, 1.54) is 0 Å². The molecule has 1 radical (unpaired) electrons. The van der Waals surface area contributed by atoms with Crippen molar-refractivity contribution in [3.05, 3.63) is 18.5 Å². The number of hydrogen-bond donors (Lipinski definition) is 1. The van der Waals surface area contributed by atoms with Gasteiger partial charge in [0, 0.05) is 39.8 Å². The summed E-state index contributed by atoms with van der Waals surface area (Å²) in [5, 5.41) is 0. The molecule has 5 heteroatoms. The monoisotopic (exact) mass is 236 g/mol. The van der Waals surface area contributed by atoms with E-state index in [4.69, 9.17) is 5.73 Å². The van der Waals surface area contributed by atoms with Gasteiger partial charge in [-0.15, -0.1) is 6.07 Å². The standard InChI is InChI=1S/C7H7N4.Y/c1-11-6-2-3-9-4-5(6)10-7(11)8;/h2-3H,1H3,(H2,8,10);/q-1;. The molecule has 0 aliphatic carbocycles. The number of nitrogens with two attached hydrogens (primary N) is 1. The molecular weight excluding hydrogens is 229 g/mol. The summed E-state index contributed by atoms with van der Waals surface area (Å²) in [5.41, 5.74) is 7.23. The maximum atomic E-state index is 5.56. The third-order valence-corrected chi connectivity index (χ3v) is 1.65. The van der Waals surface area contributed by atoms with Crippen LogP contribution < -0.4 is 5.73 Å². The topological polar surface area (TPSA) is 56.7 Å². The average molecular weight is 236 g/mol. The van der Waals surface area contributed by atoms with E-state index in [9.17, 15) is 0 Å². The number of anilines is 1. The van der Waals surface area contributed by atoms with Crippen molar-refractivity contribution >= 4 is 17.0 Å². The molecule has 0 saturated carbocycles. The van der Waals surface area contributed by atoms with E-state index in [1.807, 2.05) is 13.1 Å². The molecule has 0 amide bonds. The van der Waals surface area contributed by atoms with Gasteiger partial charge < -0.3 is 15.3 Å². The van der Waals surface area contributed by atoms with E-state index in [2.05, 4.69) is 16.2 Å². The van der Waals surface area contributed by atoms with Crippen LogP contribution in [0.1, 0.15) is 0 Å². The third kappa shape index (κ3) is 1.36. The van der Waals surface area contributed by atoms with Gasteiger partial charge in [0.15, 0.2) is 5.95 Å². The second-order valence-corrected chi connectivity index (χ2v) is 2.32. The number of hydrogen-bond acceptors (Lipinski definition) is 3. The van der Waals surface area contributed by atoms with Crippen LogP contribution in [0.15, 0.2) is 12.3 Å². The predicted octanol–water partition coefficient (Wildman–Crippen LogP) is 0.348. The Morgan fingerprint density at radius 3 is 3.00 bits per heavy atom. The van der Waals surface area contributed by atoms with Gasteiger partial charge in [-0.05, 0) is 11.0 Å². The molecule has 0 unspecified atom stereocenters. The Hall–Kier alpha value is -0.476. The minimum Gasteiger partial charge on any atom is -0.392 e. The fourth-order valence-corrected chi connectivity index (χ4v) is 1.01. The molecule has 2 heterocycles. The van der Waals surface area contributed by atoms with Crippen LogP contribution in [0, 0.1) is 6.20 Å². The molecule has 12 heavy (non-hydrogen) atoms. The minimum absolute atomic E-state index is 0. The Labute approximate surface area is 95.1 Å².